The highest BCUT2D eigenvalue weighted by atomic mass is 16.6. The van der Waals surface area contributed by atoms with Crippen LogP contribution in [-0.4, -0.2) is 30.6 Å². The molecule has 4 rings (SSSR count). The molecule has 0 atom stereocenters. The Bertz CT molecular complexity index is 1450. The molecule has 0 radical (unpaired) electrons. The molecule has 4 aromatic carbocycles. The van der Waals surface area contributed by atoms with Gasteiger partial charge >= 0.3 is 5.97 Å². The van der Waals surface area contributed by atoms with Gasteiger partial charge in [-0.05, 0) is 67.1 Å². The van der Waals surface area contributed by atoms with Gasteiger partial charge in [-0.25, -0.2) is 10.2 Å². The molecule has 0 aliphatic heterocycles. The van der Waals surface area contributed by atoms with Gasteiger partial charge in [-0.15, -0.1) is 0 Å². The lowest BCUT2D eigenvalue weighted by Crippen LogP contribution is -2.21. The number of nitrogens with one attached hydrogen (secondary N) is 2. The van der Waals surface area contributed by atoms with Crippen molar-refractivity contribution in [3.8, 4) is 11.5 Å². The first-order chi connectivity index (χ1) is 18.5. The van der Waals surface area contributed by atoms with E-state index in [0.717, 1.165) is 0 Å². The summed E-state index contributed by atoms with van der Waals surface area (Å²) in [6.07, 6.45) is 1.44. The Labute approximate surface area is 219 Å². The number of hydrogen-bond acceptors (Lipinski definition) is 6. The quantitative estimate of drug-likeness (QED) is 0.138. The lowest BCUT2D eigenvalue weighted by atomic mass is 10.1. The molecule has 8 heteroatoms. The predicted molar refractivity (Wildman–Crippen MR) is 145 cm³/mol. The third kappa shape index (κ3) is 6.70. The van der Waals surface area contributed by atoms with E-state index in [1.54, 1.807) is 91.0 Å². The van der Waals surface area contributed by atoms with Gasteiger partial charge in [0.05, 0.1) is 29.6 Å². The van der Waals surface area contributed by atoms with Crippen LogP contribution in [0.25, 0.3) is 0 Å². The Morgan fingerprint density at radius 2 is 1.42 bits per heavy atom. The molecule has 0 unspecified atom stereocenters. The normalized spacial score (nSPS) is 10.6. The van der Waals surface area contributed by atoms with Gasteiger partial charge in [-0.2, -0.15) is 5.10 Å². The highest BCUT2D eigenvalue weighted by molar-refractivity contribution is 6.09. The van der Waals surface area contributed by atoms with Crippen LogP contribution in [-0.2, 0) is 0 Å². The van der Waals surface area contributed by atoms with Gasteiger partial charge in [-0.3, -0.25) is 9.59 Å². The van der Waals surface area contributed by atoms with Gasteiger partial charge in [-0.1, -0.05) is 48.5 Å². The molecule has 2 amide bonds. The van der Waals surface area contributed by atoms with Crippen LogP contribution >= 0.6 is 0 Å². The highest BCUT2D eigenvalue weighted by Crippen LogP contribution is 2.29. The Balaban J connectivity index is 1.43. The third-order valence-electron chi connectivity index (χ3n) is 5.32. The molecule has 0 aliphatic carbocycles. The largest absolute Gasteiger partial charge is 0.490 e. The van der Waals surface area contributed by atoms with E-state index in [0.29, 0.717) is 34.7 Å². The summed E-state index contributed by atoms with van der Waals surface area (Å²) in [6, 6.07) is 29.0. The first kappa shape index (κ1) is 25.8. The summed E-state index contributed by atoms with van der Waals surface area (Å²) in [6.45, 7) is 2.18. The van der Waals surface area contributed by atoms with Crippen molar-refractivity contribution < 1.29 is 23.9 Å². The van der Waals surface area contributed by atoms with Crippen molar-refractivity contribution in [2.45, 2.75) is 6.92 Å². The van der Waals surface area contributed by atoms with Gasteiger partial charge in [0.2, 0.25) is 0 Å². The molecule has 8 nitrogen and oxygen atoms in total. The van der Waals surface area contributed by atoms with E-state index >= 15 is 0 Å². The van der Waals surface area contributed by atoms with Crippen molar-refractivity contribution in [1.82, 2.24) is 5.43 Å². The molecule has 0 saturated heterocycles. The number of amides is 2. The van der Waals surface area contributed by atoms with Gasteiger partial charge in [0.15, 0.2) is 11.5 Å². The van der Waals surface area contributed by atoms with Crippen LogP contribution < -0.4 is 20.2 Å². The van der Waals surface area contributed by atoms with E-state index in [1.165, 1.54) is 6.21 Å². The van der Waals surface area contributed by atoms with Gasteiger partial charge in [0.1, 0.15) is 0 Å². The van der Waals surface area contributed by atoms with Crippen LogP contribution in [0.2, 0.25) is 0 Å². The highest BCUT2D eigenvalue weighted by Gasteiger charge is 2.15. The van der Waals surface area contributed by atoms with Gasteiger partial charge < -0.3 is 14.8 Å². The molecule has 0 aliphatic rings. The average Bonchev–Trinajstić information content (AvgIpc) is 2.95. The minimum Gasteiger partial charge on any atom is -0.490 e. The number of ether oxygens (including phenoxy) is 2. The van der Waals surface area contributed by atoms with Crippen molar-refractivity contribution in [3.63, 3.8) is 0 Å². The van der Waals surface area contributed by atoms with Crippen LogP contribution in [0.4, 0.5) is 5.69 Å². The summed E-state index contributed by atoms with van der Waals surface area (Å²) >= 11 is 0. The fourth-order valence-corrected chi connectivity index (χ4v) is 3.49. The SMILES string of the molecule is CCOc1cc(/C=N\NC(=O)c2ccccc2NC(=O)c2ccccc2)ccc1OC(=O)c1ccccc1. The zero-order valence-corrected chi connectivity index (χ0v) is 20.6. The van der Waals surface area contributed by atoms with E-state index in [2.05, 4.69) is 15.8 Å². The lowest BCUT2D eigenvalue weighted by molar-refractivity contribution is 0.0728. The second-order valence-corrected chi connectivity index (χ2v) is 7.96. The van der Waals surface area contributed by atoms with E-state index in [9.17, 15) is 14.4 Å². The number of para-hydroxylation sites is 1. The average molecular weight is 508 g/mol. The summed E-state index contributed by atoms with van der Waals surface area (Å²) in [5, 5.41) is 6.80. The number of hydrogen-bond donors (Lipinski definition) is 2. The Morgan fingerprint density at radius 1 is 0.763 bits per heavy atom. The summed E-state index contributed by atoms with van der Waals surface area (Å²) in [4.78, 5) is 37.8. The van der Waals surface area contributed by atoms with E-state index in [1.807, 2.05) is 19.1 Å². The van der Waals surface area contributed by atoms with Crippen LogP contribution in [0.15, 0.2) is 108 Å². The van der Waals surface area contributed by atoms with Crippen molar-refractivity contribution >= 4 is 29.7 Å². The van der Waals surface area contributed by atoms with Crippen LogP contribution in [0.5, 0.6) is 11.5 Å². The van der Waals surface area contributed by atoms with Crippen molar-refractivity contribution in [1.29, 1.82) is 0 Å². The summed E-state index contributed by atoms with van der Waals surface area (Å²) in [5.74, 6) is -0.696. The molecule has 0 bridgehead atoms. The first-order valence-electron chi connectivity index (χ1n) is 11.9. The number of carbonyl (C=O) groups excluding carboxylic acids is 3. The Kier molecular flexibility index (Phi) is 8.60. The minimum atomic E-state index is -0.502. The lowest BCUT2D eigenvalue weighted by Gasteiger charge is -2.11. The Morgan fingerprint density at radius 3 is 2.13 bits per heavy atom. The standard InChI is InChI=1S/C30H25N3O5/c1-2-37-27-19-21(17-18-26(27)38-30(36)23-13-7-4-8-14-23)20-31-33-29(35)24-15-9-10-16-25(24)32-28(34)22-11-5-3-6-12-22/h3-20H,2H2,1H3,(H,32,34)(H,33,35)/b31-20-. The molecule has 4 aromatic rings. The molecule has 38 heavy (non-hydrogen) atoms. The topological polar surface area (TPSA) is 106 Å². The van der Waals surface area contributed by atoms with Crippen molar-refractivity contribution in [2.75, 3.05) is 11.9 Å². The van der Waals surface area contributed by atoms with Crippen LogP contribution in [0, 0.1) is 0 Å². The monoisotopic (exact) mass is 507 g/mol. The smallest absolute Gasteiger partial charge is 0.343 e. The molecular weight excluding hydrogens is 482 g/mol. The number of carbonyl (C=O) groups is 3. The molecule has 0 fully saturated rings. The summed E-state index contributed by atoms with van der Waals surface area (Å²) in [7, 11) is 0. The van der Waals surface area contributed by atoms with Crippen molar-refractivity contribution in [2.24, 2.45) is 5.10 Å². The second-order valence-electron chi connectivity index (χ2n) is 7.96. The number of rotatable bonds is 9. The summed E-state index contributed by atoms with van der Waals surface area (Å²) in [5.41, 5.74) is 4.59. The van der Waals surface area contributed by atoms with Gasteiger partial charge in [0.25, 0.3) is 11.8 Å². The molecule has 0 heterocycles. The number of hydrazone groups is 1. The molecule has 0 spiro atoms. The van der Waals surface area contributed by atoms with Crippen molar-refractivity contribution in [3.05, 3.63) is 125 Å². The van der Waals surface area contributed by atoms with Gasteiger partial charge in [0, 0.05) is 5.56 Å². The second kappa shape index (κ2) is 12.6. The van der Waals surface area contributed by atoms with Crippen LogP contribution in [0.3, 0.4) is 0 Å². The third-order valence-corrected chi connectivity index (χ3v) is 5.32. The summed E-state index contributed by atoms with van der Waals surface area (Å²) < 4.78 is 11.1. The van der Waals surface area contributed by atoms with E-state index in [-0.39, 0.29) is 17.2 Å². The number of esters is 1. The molecule has 0 saturated carbocycles. The minimum absolute atomic E-state index is 0.257. The number of anilines is 1. The number of nitrogens with zero attached hydrogens (tertiary/aromatic N) is 1. The molecule has 2 N–H and O–H groups in total. The molecule has 0 aromatic heterocycles. The van der Waals surface area contributed by atoms with E-state index in [4.69, 9.17) is 9.47 Å². The fraction of sp³-hybridized carbons (Fsp3) is 0.0667. The van der Waals surface area contributed by atoms with Crippen LogP contribution in [0.1, 0.15) is 43.6 Å². The maximum absolute atomic E-state index is 12.8. The fourth-order valence-electron chi connectivity index (χ4n) is 3.49. The predicted octanol–water partition coefficient (Wildman–Crippen LogP) is 5.32. The molecule has 190 valence electrons. The zero-order chi connectivity index (χ0) is 26.7. The maximum atomic E-state index is 12.8. The molecular formula is C30H25N3O5. The van der Waals surface area contributed by atoms with E-state index < -0.39 is 11.9 Å². The first-order valence-corrected chi connectivity index (χ1v) is 11.9. The Hall–Kier alpha value is -5.24. The zero-order valence-electron chi connectivity index (χ0n) is 20.6. The maximum Gasteiger partial charge on any atom is 0.343 e. The number of benzene rings is 4.